The molecular weight excluding hydrogens is 313 g/mol. The maximum Gasteiger partial charge on any atom is 0.158 e. The van der Waals surface area contributed by atoms with Crippen LogP contribution in [0.1, 0.15) is 16.7 Å². The Morgan fingerprint density at radius 2 is 1.76 bits per heavy atom. The van der Waals surface area contributed by atoms with E-state index in [4.69, 9.17) is 16.9 Å². The highest BCUT2D eigenvalue weighted by molar-refractivity contribution is 7.89. The summed E-state index contributed by atoms with van der Waals surface area (Å²) in [4.78, 5) is 0. The van der Waals surface area contributed by atoms with Gasteiger partial charge in [0.05, 0.1) is 23.1 Å². The van der Waals surface area contributed by atoms with Gasteiger partial charge in [0.15, 0.2) is 9.84 Å². The van der Waals surface area contributed by atoms with Crippen LogP contribution in [0.25, 0.3) is 0 Å². The number of rotatable bonds is 4. The first kappa shape index (κ1) is 15.5. The molecule has 0 fully saturated rings. The van der Waals surface area contributed by atoms with Crippen LogP contribution in [0.2, 0.25) is 5.02 Å². The summed E-state index contributed by atoms with van der Waals surface area (Å²) in [5.74, 6) is -1.13. The zero-order valence-corrected chi connectivity index (χ0v) is 12.5. The molecule has 0 bridgehead atoms. The molecule has 0 radical (unpaired) electrons. The highest BCUT2D eigenvalue weighted by Gasteiger charge is 2.16. The molecule has 0 aliphatic rings. The standard InChI is InChI=1S/C15H11ClFNO2S/c16-14-4-1-11(2-5-14)9-21(19,20)10-13-7-15(17)6-3-12(13)8-18/h1-7H,9-10H2. The summed E-state index contributed by atoms with van der Waals surface area (Å²) in [7, 11) is -3.51. The summed E-state index contributed by atoms with van der Waals surface area (Å²) in [6.07, 6.45) is 0. The van der Waals surface area contributed by atoms with Crippen LogP contribution in [0.5, 0.6) is 0 Å². The van der Waals surface area contributed by atoms with Crippen LogP contribution in [0, 0.1) is 17.1 Å². The van der Waals surface area contributed by atoms with Gasteiger partial charge in [0.1, 0.15) is 5.82 Å². The van der Waals surface area contributed by atoms with E-state index in [2.05, 4.69) is 0 Å². The van der Waals surface area contributed by atoms with Crippen molar-refractivity contribution in [3.8, 4) is 6.07 Å². The van der Waals surface area contributed by atoms with Crippen molar-refractivity contribution in [1.82, 2.24) is 0 Å². The molecule has 2 aromatic rings. The second-order valence-corrected chi connectivity index (χ2v) is 7.07. The molecule has 0 atom stereocenters. The lowest BCUT2D eigenvalue weighted by molar-refractivity contribution is 0.594. The number of nitriles is 1. The molecule has 0 unspecified atom stereocenters. The third-order valence-electron chi connectivity index (χ3n) is 2.86. The average Bonchev–Trinajstić information content (AvgIpc) is 2.41. The Kier molecular flexibility index (Phi) is 4.61. The highest BCUT2D eigenvalue weighted by atomic mass is 35.5. The number of hydrogen-bond acceptors (Lipinski definition) is 3. The molecule has 0 heterocycles. The predicted molar refractivity (Wildman–Crippen MR) is 78.9 cm³/mol. The summed E-state index contributed by atoms with van der Waals surface area (Å²) in [6.45, 7) is 0. The van der Waals surface area contributed by atoms with Crippen LogP contribution in [0.3, 0.4) is 0 Å². The first-order valence-corrected chi connectivity index (χ1v) is 8.23. The van der Waals surface area contributed by atoms with Crippen molar-refractivity contribution in [2.24, 2.45) is 0 Å². The molecule has 0 spiro atoms. The van der Waals surface area contributed by atoms with Crippen LogP contribution < -0.4 is 0 Å². The number of nitrogens with zero attached hydrogens (tertiary/aromatic N) is 1. The van der Waals surface area contributed by atoms with Crippen molar-refractivity contribution in [1.29, 1.82) is 5.26 Å². The van der Waals surface area contributed by atoms with Gasteiger partial charge in [-0.25, -0.2) is 12.8 Å². The lowest BCUT2D eigenvalue weighted by atomic mass is 10.1. The second kappa shape index (κ2) is 6.25. The molecule has 6 heteroatoms. The van der Waals surface area contributed by atoms with Gasteiger partial charge in [-0.05, 0) is 41.5 Å². The zero-order valence-electron chi connectivity index (χ0n) is 10.9. The molecule has 0 amide bonds. The van der Waals surface area contributed by atoms with Crippen LogP contribution >= 0.6 is 11.6 Å². The Bertz CT molecular complexity index is 795. The van der Waals surface area contributed by atoms with Crippen LogP contribution in [-0.4, -0.2) is 8.42 Å². The van der Waals surface area contributed by atoms with E-state index in [0.29, 0.717) is 10.6 Å². The smallest absolute Gasteiger partial charge is 0.158 e. The Morgan fingerprint density at radius 3 is 2.38 bits per heavy atom. The topological polar surface area (TPSA) is 57.9 Å². The Balaban J connectivity index is 2.24. The quantitative estimate of drug-likeness (QED) is 0.865. The minimum atomic E-state index is -3.51. The van der Waals surface area contributed by atoms with Crippen LogP contribution in [0.4, 0.5) is 4.39 Å². The molecule has 0 aromatic heterocycles. The molecule has 108 valence electrons. The van der Waals surface area contributed by atoms with E-state index in [1.165, 1.54) is 6.07 Å². The predicted octanol–water partition coefficient (Wildman–Crippen LogP) is 3.47. The van der Waals surface area contributed by atoms with Gasteiger partial charge in [0.25, 0.3) is 0 Å². The van der Waals surface area contributed by atoms with E-state index in [-0.39, 0.29) is 22.6 Å². The molecule has 2 rings (SSSR count). The fraction of sp³-hybridized carbons (Fsp3) is 0.133. The Morgan fingerprint density at radius 1 is 1.10 bits per heavy atom. The number of halogens is 2. The summed E-state index contributed by atoms with van der Waals surface area (Å²) >= 11 is 5.74. The highest BCUT2D eigenvalue weighted by Crippen LogP contribution is 2.18. The van der Waals surface area contributed by atoms with E-state index in [1.54, 1.807) is 24.3 Å². The van der Waals surface area contributed by atoms with Crippen molar-refractivity contribution in [2.45, 2.75) is 11.5 Å². The molecule has 0 aliphatic carbocycles. The molecule has 0 saturated heterocycles. The van der Waals surface area contributed by atoms with Crippen LogP contribution in [0.15, 0.2) is 42.5 Å². The lowest BCUT2D eigenvalue weighted by Gasteiger charge is -2.07. The van der Waals surface area contributed by atoms with Gasteiger partial charge < -0.3 is 0 Å². The number of sulfone groups is 1. The second-order valence-electron chi connectivity index (χ2n) is 4.57. The summed E-state index contributed by atoms with van der Waals surface area (Å²) in [5.41, 5.74) is 0.928. The van der Waals surface area contributed by atoms with Gasteiger partial charge in [-0.3, -0.25) is 0 Å². The average molecular weight is 324 g/mol. The summed E-state index contributed by atoms with van der Waals surface area (Å²) < 4.78 is 37.5. The molecular formula is C15H11ClFNO2S. The fourth-order valence-corrected chi connectivity index (χ4v) is 3.55. The maximum absolute atomic E-state index is 13.2. The van der Waals surface area contributed by atoms with Crippen LogP contribution in [-0.2, 0) is 21.3 Å². The SMILES string of the molecule is N#Cc1ccc(F)cc1CS(=O)(=O)Cc1ccc(Cl)cc1. The first-order chi connectivity index (χ1) is 9.89. The van der Waals surface area contributed by atoms with Crippen molar-refractivity contribution >= 4 is 21.4 Å². The normalized spacial score (nSPS) is 11.1. The Hall–Kier alpha value is -1.90. The van der Waals surface area contributed by atoms with E-state index in [0.717, 1.165) is 12.1 Å². The van der Waals surface area contributed by atoms with E-state index in [9.17, 15) is 12.8 Å². The van der Waals surface area contributed by atoms with Gasteiger partial charge in [-0.2, -0.15) is 5.26 Å². The molecule has 0 saturated carbocycles. The zero-order chi connectivity index (χ0) is 15.5. The molecule has 3 nitrogen and oxygen atoms in total. The monoisotopic (exact) mass is 323 g/mol. The van der Waals surface area contributed by atoms with Gasteiger partial charge >= 0.3 is 0 Å². The Labute approximate surface area is 127 Å². The van der Waals surface area contributed by atoms with Gasteiger partial charge in [-0.1, -0.05) is 23.7 Å². The van der Waals surface area contributed by atoms with E-state index in [1.807, 2.05) is 6.07 Å². The van der Waals surface area contributed by atoms with E-state index >= 15 is 0 Å². The van der Waals surface area contributed by atoms with Crippen molar-refractivity contribution in [3.05, 3.63) is 70.0 Å². The fourth-order valence-electron chi connectivity index (χ4n) is 1.91. The largest absolute Gasteiger partial charge is 0.228 e. The minimum absolute atomic E-state index is 0.163. The molecule has 0 aliphatic heterocycles. The minimum Gasteiger partial charge on any atom is -0.228 e. The lowest BCUT2D eigenvalue weighted by Crippen LogP contribution is -2.09. The van der Waals surface area contributed by atoms with Gasteiger partial charge in [0, 0.05) is 5.02 Å². The maximum atomic E-state index is 13.2. The first-order valence-electron chi connectivity index (χ1n) is 6.03. The van der Waals surface area contributed by atoms with Gasteiger partial charge in [-0.15, -0.1) is 0 Å². The molecule has 21 heavy (non-hydrogen) atoms. The van der Waals surface area contributed by atoms with Crippen molar-refractivity contribution < 1.29 is 12.8 Å². The van der Waals surface area contributed by atoms with E-state index < -0.39 is 15.7 Å². The summed E-state index contributed by atoms with van der Waals surface area (Å²) in [5, 5.41) is 9.47. The molecule has 0 N–H and O–H groups in total. The summed E-state index contributed by atoms with van der Waals surface area (Å²) in [6, 6.07) is 11.8. The third kappa shape index (κ3) is 4.28. The van der Waals surface area contributed by atoms with Crippen molar-refractivity contribution in [3.63, 3.8) is 0 Å². The van der Waals surface area contributed by atoms with Crippen molar-refractivity contribution in [2.75, 3.05) is 0 Å². The number of benzene rings is 2. The van der Waals surface area contributed by atoms with Gasteiger partial charge in [0.2, 0.25) is 0 Å². The molecule has 2 aromatic carbocycles. The third-order valence-corrected chi connectivity index (χ3v) is 4.64. The number of hydrogen-bond donors (Lipinski definition) is 0.